The maximum Gasteiger partial charge on any atom is 0.419 e. The first kappa shape index (κ1) is 100. The Morgan fingerprint density at radius 1 is 0.609 bits per heavy atom. The van der Waals surface area contributed by atoms with E-state index in [2.05, 4.69) is 86.6 Å². The minimum absolute atomic E-state index is 0.0522. The molecule has 0 saturated heterocycles. The molecule has 3 N–H and O–H groups in total. The number of para-hydroxylation sites is 1. The van der Waals surface area contributed by atoms with Gasteiger partial charge in [-0.3, -0.25) is 30.3 Å². The van der Waals surface area contributed by atoms with Crippen LogP contribution in [0.4, 0.5) is 21.0 Å². The third-order valence-electron chi connectivity index (χ3n) is 12.8. The molecule has 0 spiro atoms. The first-order valence-electron chi connectivity index (χ1n) is 29.7. The van der Waals surface area contributed by atoms with Crippen LogP contribution in [0.25, 0.3) is 11.4 Å². The zero-order chi connectivity index (χ0) is 83.4. The lowest BCUT2D eigenvalue weighted by atomic mass is 9.89. The summed E-state index contributed by atoms with van der Waals surface area (Å²) in [5.74, 6) is 0.408. The lowest BCUT2D eigenvalue weighted by Gasteiger charge is -2.25. The Labute approximate surface area is 747 Å². The molecule has 0 bridgehead atoms. The summed E-state index contributed by atoms with van der Waals surface area (Å²) in [4.78, 5) is 66.5. The number of allylic oxidation sites excluding steroid dienone is 4. The number of alkyl halides is 19. The van der Waals surface area contributed by atoms with Gasteiger partial charge in [-0.2, -0.15) is 0 Å². The van der Waals surface area contributed by atoms with Gasteiger partial charge in [0.25, 0.3) is 15.4 Å². The third kappa shape index (κ3) is 36.9. The number of aromatic hydroxyl groups is 1. The van der Waals surface area contributed by atoms with Gasteiger partial charge in [0.05, 0.1) is 49.0 Å². The summed E-state index contributed by atoms with van der Waals surface area (Å²) in [6, 6.07) is 46.4. The number of halogens is 21. The van der Waals surface area contributed by atoms with Crippen LogP contribution in [0.15, 0.2) is 199 Å². The van der Waals surface area contributed by atoms with Gasteiger partial charge in [0.1, 0.15) is 23.9 Å². The number of carbonyl (C=O) groups is 4. The maximum absolute atomic E-state index is 11.7. The third-order valence-corrected chi connectivity index (χ3v) is 21.4. The molecule has 3 amide bonds. The molecule has 1 aliphatic rings. The van der Waals surface area contributed by atoms with Crippen LogP contribution in [0.1, 0.15) is 48.1 Å². The minimum atomic E-state index is -3.43. The minimum Gasteiger partial charge on any atom is -0.508 e. The maximum atomic E-state index is 11.7. The predicted molar refractivity (Wildman–Crippen MR) is 456 cm³/mol. The van der Waals surface area contributed by atoms with E-state index in [0.717, 1.165) is 11.1 Å². The standard InChI is InChI=1S/C14H9Cl5.C12H7Cl6N3O.C9H8Cl3NO3.C9H6Cl3NO3.C9H10ClNO4.C8H10O.C7H5Br3O2S/c15-11-5-1-9(2-6-11)13(14(17,18)19)10-3-7-12(16)8-4-10;1-22-7-4-2-6(3-5-7)8-19-9(11(13,14)15)21-10(20-8)12(16,17)18;10-9(11,12)5-16-8(15)13-6-1-3-7(14)4-2-6;10-9(11,12)7(14)13-8(15)16-6-4-2-1-3-5-6;1-14-8-3-6(5-10)7(11(12)13)4-9(8)15-2;1-8(2)5-3-7(9)4-6-8;8-7(9,10)13(11,12)6-4-2-1-3-5-6/h1-8,13H;2-5H,1H3;1-4,14H,5H2,(H,13,15);1-5H,(H,13,14,15);3-4H,5H2,1-2H3;3-6H,1-2H3;1-5H. The van der Waals surface area contributed by atoms with Crippen molar-refractivity contribution in [1.29, 1.82) is 0 Å². The largest absolute Gasteiger partial charge is 0.508 e. The van der Waals surface area contributed by atoms with Crippen molar-refractivity contribution in [3.05, 3.63) is 243 Å². The Kier molecular flexibility index (Phi) is 42.1. The number of carbonyl (C=O) groups excluding carboxylic acids is 4. The summed E-state index contributed by atoms with van der Waals surface area (Å²) >= 11 is 111. The van der Waals surface area contributed by atoms with E-state index >= 15 is 0 Å². The van der Waals surface area contributed by atoms with Crippen molar-refractivity contribution < 1.29 is 61.3 Å². The molecule has 0 aliphatic heterocycles. The van der Waals surface area contributed by atoms with Crippen molar-refractivity contribution in [3.63, 3.8) is 0 Å². The normalized spacial score (nSPS) is 12.4. The predicted octanol–water partition coefficient (Wildman–Crippen LogP) is 25.0. The number of hydrogen-bond acceptors (Lipinski definition) is 17. The molecule has 42 heteroatoms. The van der Waals surface area contributed by atoms with Crippen LogP contribution >= 0.6 is 257 Å². The van der Waals surface area contributed by atoms with E-state index in [1.807, 2.05) is 36.4 Å². The molecule has 1 aromatic heterocycles. The number of methoxy groups -OCH3 is 3. The fourth-order valence-electron chi connectivity index (χ4n) is 7.64. The average Bonchev–Trinajstić information content (AvgIpc) is 0.809. The number of anilines is 1. The van der Waals surface area contributed by atoms with Crippen LogP contribution in [0.3, 0.4) is 0 Å². The van der Waals surface area contributed by atoms with Crippen LogP contribution in [0.5, 0.6) is 28.7 Å². The van der Waals surface area contributed by atoms with E-state index in [9.17, 15) is 37.7 Å². The second-order valence-corrected chi connectivity index (χ2v) is 44.8. The molecule has 9 rings (SSSR count). The van der Waals surface area contributed by atoms with E-state index in [1.54, 1.807) is 122 Å². The zero-order valence-electron chi connectivity index (χ0n) is 56.4. The van der Waals surface area contributed by atoms with Crippen LogP contribution in [-0.2, 0) is 37.6 Å². The number of sulfone groups is 1. The Morgan fingerprint density at radius 3 is 1.45 bits per heavy atom. The Hall–Kier alpha value is -3.88. The summed E-state index contributed by atoms with van der Waals surface area (Å²) in [6.07, 6.45) is 5.30. The van der Waals surface area contributed by atoms with Gasteiger partial charge >= 0.3 is 12.2 Å². The Bertz CT molecular complexity index is 4410. The number of aromatic nitrogens is 3. The molecular formula is C68H55Br3Cl18N6O14S. The van der Waals surface area contributed by atoms with Crippen molar-refractivity contribution in [3.8, 4) is 40.1 Å². The molecule has 20 nitrogen and oxygen atoms in total. The molecule has 110 heavy (non-hydrogen) atoms. The van der Waals surface area contributed by atoms with Crippen molar-refractivity contribution >= 4 is 302 Å². The molecule has 1 heterocycles. The number of nitro groups is 1. The number of ketones is 1. The van der Waals surface area contributed by atoms with Gasteiger partial charge in [0, 0.05) is 32.3 Å². The van der Waals surface area contributed by atoms with Gasteiger partial charge < -0.3 is 28.8 Å². The van der Waals surface area contributed by atoms with E-state index in [0.29, 0.717) is 44.1 Å². The van der Waals surface area contributed by atoms with Gasteiger partial charge in [0.2, 0.25) is 26.5 Å². The number of imide groups is 1. The molecule has 0 saturated carbocycles. The highest BCUT2D eigenvalue weighted by Gasteiger charge is 2.39. The highest BCUT2D eigenvalue weighted by molar-refractivity contribution is 9.42. The highest BCUT2D eigenvalue weighted by atomic mass is 80.0. The van der Waals surface area contributed by atoms with E-state index in [4.69, 9.17) is 233 Å². The fraction of sp³-hybridized carbons (Fsp3) is 0.221. The van der Waals surface area contributed by atoms with Gasteiger partial charge in [-0.15, -0.1) is 11.6 Å². The Morgan fingerprint density at radius 2 is 1.06 bits per heavy atom. The van der Waals surface area contributed by atoms with Gasteiger partial charge in [-0.1, -0.05) is 284 Å². The van der Waals surface area contributed by atoms with Gasteiger partial charge in [-0.05, 0) is 174 Å². The van der Waals surface area contributed by atoms with Crippen LogP contribution in [-0.4, -0.2) is 98.1 Å². The molecule has 7 aromatic carbocycles. The fourth-order valence-corrected chi connectivity index (χ4v) is 12.1. The number of nitrogens with zero attached hydrogens (tertiary/aromatic N) is 4. The molecule has 1 aliphatic carbocycles. The highest BCUT2D eigenvalue weighted by Crippen LogP contribution is 2.47. The van der Waals surface area contributed by atoms with Crippen LogP contribution in [0.2, 0.25) is 10.0 Å². The number of amides is 3. The van der Waals surface area contributed by atoms with Crippen molar-refractivity contribution in [2.24, 2.45) is 5.41 Å². The summed E-state index contributed by atoms with van der Waals surface area (Å²) in [7, 11) is 1.01. The van der Waals surface area contributed by atoms with Crippen LogP contribution in [0, 0.1) is 15.5 Å². The van der Waals surface area contributed by atoms with E-state index in [1.165, 1.54) is 62.8 Å². The number of nitrogens with one attached hydrogen (secondary N) is 2. The van der Waals surface area contributed by atoms with E-state index < -0.39 is 53.3 Å². The number of hydrogen-bond donors (Lipinski definition) is 3. The molecule has 0 fully saturated rings. The molecule has 0 unspecified atom stereocenters. The SMILES string of the molecule is CC1(C)C=CC(=O)C=C1.COc1cc(CCl)c([N+](=O)[O-])cc1OC.COc1ccc(-c2nc(C(Cl)(Cl)Cl)nc(C(Cl)(Cl)Cl)n2)cc1.Clc1ccc(C(c2ccc(Cl)cc2)C(Cl)(Cl)Cl)cc1.O=C(NC(=O)C(Cl)(Cl)Cl)Oc1ccccc1.O=C(Nc1ccc(O)cc1)OCC(Cl)(Cl)Cl.O=S(=O)(c1ccccc1)C(Br)(Br)Br. The smallest absolute Gasteiger partial charge is 0.419 e. The molecule has 594 valence electrons. The number of rotatable bonds is 12. The molecule has 0 radical (unpaired) electrons. The van der Waals surface area contributed by atoms with Crippen molar-refractivity contribution in [2.45, 2.75) is 51.0 Å². The second-order valence-electron chi connectivity index (χ2n) is 21.5. The average molecular weight is 2090 g/mol. The second kappa shape index (κ2) is 46.2. The van der Waals surface area contributed by atoms with Crippen molar-refractivity contribution in [1.82, 2.24) is 20.3 Å². The first-order chi connectivity index (χ1) is 50.8. The monoisotopic (exact) mass is 2080 g/mol. The molecular weight excluding hydrogens is 2030 g/mol. The van der Waals surface area contributed by atoms with Gasteiger partial charge in [0.15, 0.2) is 34.8 Å². The number of phenolic OH excluding ortho intramolecular Hbond substituents is 1. The number of nitro benzene ring substituents is 1. The lowest BCUT2D eigenvalue weighted by Crippen LogP contribution is -2.40. The summed E-state index contributed by atoms with van der Waals surface area (Å²) in [6.45, 7) is 3.78. The lowest BCUT2D eigenvalue weighted by molar-refractivity contribution is -0.385. The van der Waals surface area contributed by atoms with E-state index in [-0.39, 0.29) is 69.2 Å². The number of phenols is 1. The molecule has 8 aromatic rings. The zero-order valence-corrected chi connectivity index (χ0v) is 75.5. The van der Waals surface area contributed by atoms with Gasteiger partial charge in [-0.25, -0.2) is 33.0 Å². The molecule has 0 atom stereocenters. The summed E-state index contributed by atoms with van der Waals surface area (Å²) < 4.78 is 37.5. The number of benzene rings is 7. The van der Waals surface area contributed by atoms with Crippen LogP contribution < -0.4 is 29.6 Å². The quantitative estimate of drug-likeness (QED) is 0.0444. The summed E-state index contributed by atoms with van der Waals surface area (Å²) in [5, 5.41) is 25.2. The Balaban J connectivity index is 0.000000337. The first-order valence-corrected chi connectivity index (χ1v) is 40.5. The summed E-state index contributed by atoms with van der Waals surface area (Å²) in [5.41, 5.74) is 3.26. The number of ether oxygens (including phenoxy) is 5. The topological polar surface area (TPSA) is 275 Å². The van der Waals surface area contributed by atoms with Crippen molar-refractivity contribution in [2.75, 3.05) is 33.3 Å².